The normalized spacial score (nSPS) is 24.8. The molecule has 6 nitrogen and oxygen atoms in total. The van der Waals surface area contributed by atoms with E-state index in [0.717, 1.165) is 49.8 Å². The third kappa shape index (κ3) is 3.94. The number of hydrogen-bond acceptors (Lipinski definition) is 3. The predicted octanol–water partition coefficient (Wildman–Crippen LogP) is 3.79. The van der Waals surface area contributed by atoms with Crippen molar-refractivity contribution >= 4 is 22.7 Å². The quantitative estimate of drug-likeness (QED) is 0.750. The Labute approximate surface area is 190 Å². The molecule has 1 N–H and O–H groups in total. The Kier molecular flexibility index (Phi) is 5.97. The average molecular weight is 437 g/mol. The van der Waals surface area contributed by atoms with Crippen LogP contribution in [0.1, 0.15) is 68.8 Å². The minimum atomic E-state index is -0.881. The standard InChI is InChI=1S/C26H36N4O2/c1-26(25(32)27-21-11-3-2-4-12-21)19-29-22-13-6-5-10-20(22)18-23(29)24(31)30(26)17-9-16-28-14-7-8-15-28/h5-6,10,13,18,21H,2-4,7-9,11-12,14-17,19H2,1H3,(H,27,32). The first kappa shape index (κ1) is 21.5. The first-order valence-electron chi connectivity index (χ1n) is 12.5. The van der Waals surface area contributed by atoms with E-state index in [1.165, 1.54) is 32.1 Å². The highest BCUT2D eigenvalue weighted by Gasteiger charge is 2.47. The summed E-state index contributed by atoms with van der Waals surface area (Å²) in [7, 11) is 0. The van der Waals surface area contributed by atoms with Crippen molar-refractivity contribution in [2.24, 2.45) is 0 Å². The Morgan fingerprint density at radius 2 is 1.81 bits per heavy atom. The van der Waals surface area contributed by atoms with Gasteiger partial charge in [-0.05, 0) is 70.8 Å². The van der Waals surface area contributed by atoms with Gasteiger partial charge in [0.2, 0.25) is 5.91 Å². The van der Waals surface area contributed by atoms with Crippen LogP contribution in [0.15, 0.2) is 30.3 Å². The van der Waals surface area contributed by atoms with Crippen molar-refractivity contribution in [3.8, 4) is 0 Å². The van der Waals surface area contributed by atoms with E-state index in [4.69, 9.17) is 0 Å². The third-order valence-electron chi connectivity index (χ3n) is 7.82. The molecule has 0 radical (unpaired) electrons. The summed E-state index contributed by atoms with van der Waals surface area (Å²) >= 11 is 0. The van der Waals surface area contributed by atoms with Gasteiger partial charge in [0.05, 0.1) is 6.54 Å². The highest BCUT2D eigenvalue weighted by molar-refractivity contribution is 6.03. The van der Waals surface area contributed by atoms with Gasteiger partial charge in [0.15, 0.2) is 0 Å². The molecule has 1 unspecified atom stereocenters. The Balaban J connectivity index is 1.42. The van der Waals surface area contributed by atoms with Crippen LogP contribution in [0.4, 0.5) is 0 Å². The molecule has 1 saturated heterocycles. The first-order chi connectivity index (χ1) is 15.6. The molecule has 1 atom stereocenters. The summed E-state index contributed by atoms with van der Waals surface area (Å²) in [6.45, 7) is 6.39. The number of carbonyl (C=O) groups excluding carboxylic acids is 2. The van der Waals surface area contributed by atoms with E-state index in [0.29, 0.717) is 18.8 Å². The lowest BCUT2D eigenvalue weighted by molar-refractivity contribution is -0.133. The molecule has 1 aliphatic carbocycles. The number of hydrogen-bond donors (Lipinski definition) is 1. The van der Waals surface area contributed by atoms with Crippen LogP contribution in [0, 0.1) is 0 Å². The van der Waals surface area contributed by atoms with Gasteiger partial charge in [-0.2, -0.15) is 0 Å². The average Bonchev–Trinajstić information content (AvgIpc) is 3.45. The lowest BCUT2D eigenvalue weighted by Gasteiger charge is -2.45. The number of para-hydroxylation sites is 1. The Bertz CT molecular complexity index is 987. The summed E-state index contributed by atoms with van der Waals surface area (Å²) in [5.74, 6) is -0.0162. The van der Waals surface area contributed by atoms with Crippen molar-refractivity contribution in [2.45, 2.75) is 76.4 Å². The molecule has 0 bridgehead atoms. The minimum Gasteiger partial charge on any atom is -0.351 e. The zero-order valence-corrected chi connectivity index (χ0v) is 19.3. The van der Waals surface area contributed by atoms with Crippen molar-refractivity contribution in [3.63, 3.8) is 0 Å². The van der Waals surface area contributed by atoms with E-state index in [2.05, 4.69) is 20.9 Å². The fourth-order valence-corrected chi connectivity index (χ4v) is 5.90. The maximum absolute atomic E-state index is 13.7. The van der Waals surface area contributed by atoms with E-state index in [1.807, 2.05) is 36.1 Å². The minimum absolute atomic E-state index is 0.00218. The molecule has 3 aliphatic rings. The fourth-order valence-electron chi connectivity index (χ4n) is 5.90. The number of nitrogens with one attached hydrogen (secondary N) is 1. The van der Waals surface area contributed by atoms with Crippen LogP contribution in [0.2, 0.25) is 0 Å². The third-order valence-corrected chi connectivity index (χ3v) is 7.82. The molecular formula is C26H36N4O2. The molecule has 2 amide bonds. The maximum atomic E-state index is 13.7. The van der Waals surface area contributed by atoms with Crippen LogP contribution in [0.25, 0.3) is 10.9 Å². The van der Waals surface area contributed by atoms with Crippen LogP contribution in [-0.4, -0.2) is 63.9 Å². The molecule has 5 rings (SSSR count). The van der Waals surface area contributed by atoms with Crippen LogP contribution < -0.4 is 5.32 Å². The summed E-state index contributed by atoms with van der Waals surface area (Å²) < 4.78 is 2.06. The van der Waals surface area contributed by atoms with Crippen molar-refractivity contribution < 1.29 is 9.59 Å². The van der Waals surface area contributed by atoms with E-state index in [9.17, 15) is 9.59 Å². The molecule has 1 saturated carbocycles. The van der Waals surface area contributed by atoms with Gasteiger partial charge >= 0.3 is 0 Å². The number of amides is 2. The summed E-state index contributed by atoms with van der Waals surface area (Å²) in [5.41, 5.74) is 0.855. The molecule has 0 spiro atoms. The number of rotatable bonds is 6. The molecule has 2 aromatic rings. The second-order valence-corrected chi connectivity index (χ2v) is 10.1. The Morgan fingerprint density at radius 1 is 1.06 bits per heavy atom. The number of fused-ring (bicyclic) bond motifs is 3. The van der Waals surface area contributed by atoms with Gasteiger partial charge in [0.1, 0.15) is 11.2 Å². The molecule has 1 aromatic heterocycles. The number of carbonyl (C=O) groups is 2. The van der Waals surface area contributed by atoms with Gasteiger partial charge in [-0.15, -0.1) is 0 Å². The van der Waals surface area contributed by atoms with E-state index < -0.39 is 5.54 Å². The number of benzene rings is 1. The lowest BCUT2D eigenvalue weighted by atomic mass is 9.91. The Morgan fingerprint density at radius 3 is 2.59 bits per heavy atom. The van der Waals surface area contributed by atoms with Crippen LogP contribution >= 0.6 is 0 Å². The van der Waals surface area contributed by atoms with Crippen LogP contribution in [0.5, 0.6) is 0 Å². The van der Waals surface area contributed by atoms with Gasteiger partial charge in [0, 0.05) is 23.5 Å². The topological polar surface area (TPSA) is 57.6 Å². The molecule has 1 aromatic carbocycles. The monoisotopic (exact) mass is 436 g/mol. The summed E-state index contributed by atoms with van der Waals surface area (Å²) in [5, 5.41) is 4.39. The van der Waals surface area contributed by atoms with Crippen LogP contribution in [-0.2, 0) is 11.3 Å². The highest BCUT2D eigenvalue weighted by atomic mass is 16.2. The van der Waals surface area contributed by atoms with Crippen molar-refractivity contribution in [2.75, 3.05) is 26.2 Å². The van der Waals surface area contributed by atoms with E-state index >= 15 is 0 Å². The zero-order valence-electron chi connectivity index (χ0n) is 19.3. The molecule has 32 heavy (non-hydrogen) atoms. The summed E-state index contributed by atoms with van der Waals surface area (Å²) in [4.78, 5) is 31.8. The maximum Gasteiger partial charge on any atom is 0.271 e. The van der Waals surface area contributed by atoms with Crippen LogP contribution in [0.3, 0.4) is 0 Å². The molecule has 172 valence electrons. The van der Waals surface area contributed by atoms with E-state index in [-0.39, 0.29) is 17.9 Å². The largest absolute Gasteiger partial charge is 0.351 e. The molecule has 2 aliphatic heterocycles. The molecule has 6 heteroatoms. The van der Waals surface area contributed by atoms with E-state index in [1.54, 1.807) is 0 Å². The van der Waals surface area contributed by atoms with Crippen molar-refractivity contribution in [3.05, 3.63) is 36.0 Å². The van der Waals surface area contributed by atoms with Gasteiger partial charge in [0.25, 0.3) is 5.91 Å². The zero-order chi connectivity index (χ0) is 22.1. The summed E-state index contributed by atoms with van der Waals surface area (Å²) in [6, 6.07) is 10.3. The van der Waals surface area contributed by atoms with Gasteiger partial charge < -0.3 is 19.7 Å². The first-order valence-corrected chi connectivity index (χ1v) is 12.5. The second kappa shape index (κ2) is 8.89. The van der Waals surface area contributed by atoms with Crippen molar-refractivity contribution in [1.82, 2.24) is 19.7 Å². The number of aromatic nitrogens is 1. The Hall–Kier alpha value is -2.34. The van der Waals surface area contributed by atoms with Gasteiger partial charge in [-0.3, -0.25) is 9.59 Å². The lowest BCUT2D eigenvalue weighted by Crippen LogP contribution is -2.65. The highest BCUT2D eigenvalue weighted by Crippen LogP contribution is 2.33. The van der Waals surface area contributed by atoms with Crippen molar-refractivity contribution in [1.29, 1.82) is 0 Å². The fraction of sp³-hybridized carbons (Fsp3) is 0.615. The van der Waals surface area contributed by atoms with Gasteiger partial charge in [-0.1, -0.05) is 37.5 Å². The smallest absolute Gasteiger partial charge is 0.271 e. The van der Waals surface area contributed by atoms with Gasteiger partial charge in [-0.25, -0.2) is 0 Å². The molecule has 3 heterocycles. The number of nitrogens with zero attached hydrogens (tertiary/aromatic N) is 3. The summed E-state index contributed by atoms with van der Waals surface area (Å²) in [6.07, 6.45) is 9.13. The number of likely N-dealkylation sites (tertiary alicyclic amines) is 1. The molecule has 2 fully saturated rings. The molecular weight excluding hydrogens is 400 g/mol. The second-order valence-electron chi connectivity index (χ2n) is 10.1. The predicted molar refractivity (Wildman–Crippen MR) is 127 cm³/mol. The SMILES string of the molecule is CC1(C(=O)NC2CCCCC2)Cn2c(cc3ccccc32)C(=O)N1CCCN1CCCC1.